The molecule has 5 heteroatoms. The van der Waals surface area contributed by atoms with E-state index in [9.17, 15) is 0 Å². The van der Waals surface area contributed by atoms with Crippen molar-refractivity contribution >= 4 is 16.6 Å². The summed E-state index contributed by atoms with van der Waals surface area (Å²) in [6, 6.07) is 6.70. The second kappa shape index (κ2) is 5.07. The van der Waals surface area contributed by atoms with Gasteiger partial charge < -0.3 is 20.1 Å². The number of rotatable bonds is 4. The van der Waals surface area contributed by atoms with Gasteiger partial charge in [-0.1, -0.05) is 0 Å². The van der Waals surface area contributed by atoms with Gasteiger partial charge >= 0.3 is 0 Å². The summed E-state index contributed by atoms with van der Waals surface area (Å²) in [5.74, 6) is 2.65. The molecule has 1 aliphatic carbocycles. The lowest BCUT2D eigenvalue weighted by Gasteiger charge is -2.25. The molecule has 1 aromatic carbocycles. The molecule has 4 rings (SSSR count). The molecule has 2 heterocycles. The zero-order chi connectivity index (χ0) is 14.2. The molecule has 1 aromatic heterocycles. The summed E-state index contributed by atoms with van der Waals surface area (Å²) in [7, 11) is 0. The van der Waals surface area contributed by atoms with Gasteiger partial charge in [0.15, 0.2) is 11.5 Å². The van der Waals surface area contributed by atoms with Gasteiger partial charge in [-0.15, -0.1) is 0 Å². The van der Waals surface area contributed by atoms with Gasteiger partial charge in [-0.25, -0.2) is 4.98 Å². The van der Waals surface area contributed by atoms with E-state index in [1.807, 2.05) is 18.3 Å². The molecule has 0 bridgehead atoms. The second-order valence-corrected chi connectivity index (χ2v) is 5.56. The van der Waals surface area contributed by atoms with Gasteiger partial charge in [0.2, 0.25) is 0 Å². The summed E-state index contributed by atoms with van der Waals surface area (Å²) in [6.07, 6.45) is 4.31. The summed E-state index contributed by atoms with van der Waals surface area (Å²) in [6.45, 7) is 2.69. The molecule has 0 amide bonds. The van der Waals surface area contributed by atoms with Crippen LogP contribution in [0.25, 0.3) is 10.8 Å². The Kier molecular flexibility index (Phi) is 3.07. The minimum Gasteiger partial charge on any atom is -0.486 e. The Bertz CT molecular complexity index is 670. The van der Waals surface area contributed by atoms with Crippen LogP contribution in [0.15, 0.2) is 24.4 Å². The van der Waals surface area contributed by atoms with E-state index in [1.54, 1.807) is 0 Å². The maximum Gasteiger partial charge on any atom is 0.162 e. The highest BCUT2D eigenvalue weighted by Crippen LogP contribution is 2.39. The number of nitrogens with two attached hydrogens (primary N) is 1. The van der Waals surface area contributed by atoms with Gasteiger partial charge in [-0.05, 0) is 36.4 Å². The molecule has 0 atom stereocenters. The first-order valence-electron chi connectivity index (χ1n) is 7.52. The van der Waals surface area contributed by atoms with Crippen LogP contribution >= 0.6 is 0 Å². The minimum atomic E-state index is 0.583. The van der Waals surface area contributed by atoms with Crippen LogP contribution in [-0.4, -0.2) is 37.3 Å². The van der Waals surface area contributed by atoms with Gasteiger partial charge in [-0.2, -0.15) is 0 Å². The highest BCUT2D eigenvalue weighted by atomic mass is 16.6. The number of fused-ring (bicyclic) bond motifs is 2. The van der Waals surface area contributed by atoms with E-state index < -0.39 is 0 Å². The third-order valence-corrected chi connectivity index (χ3v) is 4.04. The molecule has 0 radical (unpaired) electrons. The molecule has 110 valence electrons. The predicted octanol–water partition coefficient (Wildman–Crippen LogP) is 1.93. The molecule has 5 nitrogen and oxygen atoms in total. The van der Waals surface area contributed by atoms with E-state index in [2.05, 4.69) is 16.0 Å². The number of ether oxygens (including phenoxy) is 2. The Morgan fingerprint density at radius 1 is 1.19 bits per heavy atom. The molecule has 1 fully saturated rings. The number of anilines is 1. The highest BCUT2D eigenvalue weighted by Gasteiger charge is 2.30. The molecule has 0 saturated heterocycles. The van der Waals surface area contributed by atoms with Crippen molar-refractivity contribution in [2.45, 2.75) is 18.9 Å². The number of benzene rings is 1. The van der Waals surface area contributed by atoms with Crippen LogP contribution in [0.1, 0.15) is 12.8 Å². The second-order valence-electron chi connectivity index (χ2n) is 5.56. The summed E-state index contributed by atoms with van der Waals surface area (Å²) in [4.78, 5) is 6.94. The number of aromatic nitrogens is 1. The van der Waals surface area contributed by atoms with Crippen molar-refractivity contribution in [3.63, 3.8) is 0 Å². The van der Waals surface area contributed by atoms with Crippen LogP contribution in [0.3, 0.4) is 0 Å². The molecule has 1 aliphatic heterocycles. The topological polar surface area (TPSA) is 60.6 Å². The van der Waals surface area contributed by atoms with Gasteiger partial charge in [0.05, 0.1) is 0 Å². The van der Waals surface area contributed by atoms with Crippen molar-refractivity contribution in [3.8, 4) is 11.5 Å². The minimum absolute atomic E-state index is 0.583. The maximum atomic E-state index is 5.77. The smallest absolute Gasteiger partial charge is 0.162 e. The summed E-state index contributed by atoms with van der Waals surface area (Å²) < 4.78 is 11.4. The van der Waals surface area contributed by atoms with Crippen LogP contribution in [0.5, 0.6) is 11.5 Å². The maximum absolute atomic E-state index is 5.77. The van der Waals surface area contributed by atoms with Gasteiger partial charge in [0.25, 0.3) is 0 Å². The lowest BCUT2D eigenvalue weighted by Crippen LogP contribution is -2.32. The summed E-state index contributed by atoms with van der Waals surface area (Å²) in [5, 5.41) is 2.24. The van der Waals surface area contributed by atoms with Crippen molar-refractivity contribution in [3.05, 3.63) is 24.4 Å². The first kappa shape index (κ1) is 12.7. The summed E-state index contributed by atoms with van der Waals surface area (Å²) >= 11 is 0. The lowest BCUT2D eigenvalue weighted by molar-refractivity contribution is 0.172. The van der Waals surface area contributed by atoms with Crippen LogP contribution < -0.4 is 20.1 Å². The van der Waals surface area contributed by atoms with Crippen molar-refractivity contribution < 1.29 is 9.47 Å². The number of hydrogen-bond donors (Lipinski definition) is 1. The first-order valence-corrected chi connectivity index (χ1v) is 7.52. The van der Waals surface area contributed by atoms with E-state index in [0.29, 0.717) is 25.8 Å². The van der Waals surface area contributed by atoms with E-state index in [-0.39, 0.29) is 0 Å². The van der Waals surface area contributed by atoms with Crippen molar-refractivity contribution in [1.82, 2.24) is 4.98 Å². The predicted molar refractivity (Wildman–Crippen MR) is 82.2 cm³/mol. The fourth-order valence-electron chi connectivity index (χ4n) is 2.91. The Morgan fingerprint density at radius 2 is 1.95 bits per heavy atom. The van der Waals surface area contributed by atoms with E-state index in [1.165, 1.54) is 12.8 Å². The van der Waals surface area contributed by atoms with Crippen molar-refractivity contribution in [1.29, 1.82) is 0 Å². The number of pyridine rings is 1. The van der Waals surface area contributed by atoms with E-state index >= 15 is 0 Å². The van der Waals surface area contributed by atoms with Gasteiger partial charge in [0, 0.05) is 30.7 Å². The number of nitrogens with zero attached hydrogens (tertiary/aromatic N) is 2. The Labute approximate surface area is 123 Å². The third-order valence-electron chi connectivity index (χ3n) is 4.04. The fraction of sp³-hybridized carbons (Fsp3) is 0.438. The molecule has 1 saturated carbocycles. The zero-order valence-electron chi connectivity index (χ0n) is 11.9. The van der Waals surface area contributed by atoms with Gasteiger partial charge in [0.1, 0.15) is 19.0 Å². The van der Waals surface area contributed by atoms with Crippen LogP contribution in [0.2, 0.25) is 0 Å². The van der Waals surface area contributed by atoms with Crippen molar-refractivity contribution in [2.75, 3.05) is 31.2 Å². The van der Waals surface area contributed by atoms with Crippen molar-refractivity contribution in [2.24, 2.45) is 5.73 Å². The standard InChI is InChI=1S/C16H19N3O2/c17-4-6-19(12-1-2-12)16-13-10-15-14(20-7-8-21-15)9-11(13)3-5-18-16/h3,5,9-10,12H,1-2,4,6-8,17H2. The molecule has 21 heavy (non-hydrogen) atoms. The third kappa shape index (κ3) is 2.27. The largest absolute Gasteiger partial charge is 0.486 e. The molecule has 0 unspecified atom stereocenters. The molecule has 2 N–H and O–H groups in total. The van der Waals surface area contributed by atoms with Crippen LogP contribution in [0.4, 0.5) is 5.82 Å². The average molecular weight is 285 g/mol. The Morgan fingerprint density at radius 3 is 2.67 bits per heavy atom. The molecular weight excluding hydrogens is 266 g/mol. The Balaban J connectivity index is 1.84. The van der Waals surface area contributed by atoms with Gasteiger partial charge in [-0.3, -0.25) is 0 Å². The normalized spacial score (nSPS) is 17.0. The zero-order valence-corrected chi connectivity index (χ0v) is 11.9. The fourth-order valence-corrected chi connectivity index (χ4v) is 2.91. The molecule has 2 aromatic rings. The van der Waals surface area contributed by atoms with Crippen LogP contribution in [0, 0.1) is 0 Å². The lowest BCUT2D eigenvalue weighted by atomic mass is 10.1. The molecular formula is C16H19N3O2. The quantitative estimate of drug-likeness (QED) is 0.930. The van der Waals surface area contributed by atoms with Crippen LogP contribution in [-0.2, 0) is 0 Å². The average Bonchev–Trinajstić information content (AvgIpc) is 3.35. The molecule has 0 spiro atoms. The van der Waals surface area contributed by atoms with E-state index in [4.69, 9.17) is 15.2 Å². The highest BCUT2D eigenvalue weighted by molar-refractivity contribution is 5.95. The number of hydrogen-bond acceptors (Lipinski definition) is 5. The summed E-state index contributed by atoms with van der Waals surface area (Å²) in [5.41, 5.74) is 5.77. The monoisotopic (exact) mass is 285 g/mol. The van der Waals surface area contributed by atoms with E-state index in [0.717, 1.165) is 34.6 Å². The first-order chi connectivity index (χ1) is 10.4. The SMILES string of the molecule is NCCN(c1nccc2cc3c(cc12)OCCO3)C1CC1. The molecule has 2 aliphatic rings. The Hall–Kier alpha value is -2.01.